The highest BCUT2D eigenvalue weighted by Crippen LogP contribution is 2.36. The molecule has 1 fully saturated rings. The van der Waals surface area contributed by atoms with Crippen molar-refractivity contribution in [3.05, 3.63) is 29.8 Å². The van der Waals surface area contributed by atoms with Crippen molar-refractivity contribution in [1.82, 2.24) is 15.0 Å². The summed E-state index contributed by atoms with van der Waals surface area (Å²) >= 11 is 0. The molecule has 2 N–H and O–H groups in total. The van der Waals surface area contributed by atoms with E-state index in [0.717, 1.165) is 11.5 Å². The van der Waals surface area contributed by atoms with Crippen LogP contribution >= 0.6 is 0 Å². The maximum atomic E-state index is 5.64. The fraction of sp³-hybridized carbons (Fsp3) is 0.357. The van der Waals surface area contributed by atoms with Crippen LogP contribution in [-0.2, 0) is 0 Å². The van der Waals surface area contributed by atoms with Crippen LogP contribution in [0.1, 0.15) is 30.7 Å². The molecule has 0 saturated heterocycles. The average molecular weight is 256 g/mol. The lowest BCUT2D eigenvalue weighted by molar-refractivity contribution is 0.379. The molecule has 0 bridgehead atoms. The Hall–Kier alpha value is -2.17. The highest BCUT2D eigenvalue weighted by molar-refractivity contribution is 5.56. The quantitative estimate of drug-likeness (QED) is 0.912. The van der Waals surface area contributed by atoms with Gasteiger partial charge in [0.05, 0.1) is 7.11 Å². The van der Waals surface area contributed by atoms with Crippen LogP contribution in [0.4, 0.5) is 5.95 Å². The van der Waals surface area contributed by atoms with Gasteiger partial charge in [0.15, 0.2) is 5.82 Å². The number of rotatable bonds is 3. The molecule has 0 unspecified atom stereocenters. The fourth-order valence-corrected chi connectivity index (χ4v) is 2.24. The Labute approximate surface area is 111 Å². The maximum absolute atomic E-state index is 5.64. The highest BCUT2D eigenvalue weighted by Gasteiger charge is 2.19. The normalized spacial score (nSPS) is 15.0. The third-order valence-corrected chi connectivity index (χ3v) is 3.56. The van der Waals surface area contributed by atoms with E-state index >= 15 is 0 Å². The second-order valence-electron chi connectivity index (χ2n) is 4.75. The molecule has 0 aliphatic heterocycles. The summed E-state index contributed by atoms with van der Waals surface area (Å²) in [5.41, 5.74) is 7.96. The van der Waals surface area contributed by atoms with E-state index in [1.54, 1.807) is 0 Å². The second kappa shape index (κ2) is 4.84. The molecule has 0 radical (unpaired) electrons. The van der Waals surface area contributed by atoms with E-state index in [-0.39, 0.29) is 12.0 Å². The number of hydrogen-bond donors (Lipinski definition) is 1. The number of nitrogen functional groups attached to an aromatic ring is 1. The molecule has 19 heavy (non-hydrogen) atoms. The van der Waals surface area contributed by atoms with Gasteiger partial charge in [0, 0.05) is 5.56 Å². The number of anilines is 1. The van der Waals surface area contributed by atoms with E-state index in [0.29, 0.717) is 5.82 Å². The maximum Gasteiger partial charge on any atom is 0.321 e. The first-order valence-electron chi connectivity index (χ1n) is 6.42. The standard InChI is InChI=1S/C14H16N4O/c1-19-14-17-12(16-13(15)18-14)11-7-5-10(6-8-11)9-3-2-4-9/h5-9H,2-4H2,1H3,(H2,15,16,17,18). The van der Waals surface area contributed by atoms with Crippen LogP contribution in [-0.4, -0.2) is 22.1 Å². The zero-order valence-electron chi connectivity index (χ0n) is 10.8. The third-order valence-electron chi connectivity index (χ3n) is 3.56. The van der Waals surface area contributed by atoms with Crippen molar-refractivity contribution in [2.24, 2.45) is 0 Å². The molecule has 0 spiro atoms. The summed E-state index contributed by atoms with van der Waals surface area (Å²) in [5, 5.41) is 0. The Morgan fingerprint density at radius 2 is 1.84 bits per heavy atom. The number of benzene rings is 1. The van der Waals surface area contributed by atoms with Crippen molar-refractivity contribution >= 4 is 5.95 Å². The van der Waals surface area contributed by atoms with Gasteiger partial charge in [-0.3, -0.25) is 0 Å². The van der Waals surface area contributed by atoms with E-state index in [4.69, 9.17) is 10.5 Å². The molecule has 5 heteroatoms. The van der Waals surface area contributed by atoms with Crippen LogP contribution in [0, 0.1) is 0 Å². The van der Waals surface area contributed by atoms with Crippen molar-refractivity contribution in [3.8, 4) is 17.4 Å². The Kier molecular flexibility index (Phi) is 3.03. The van der Waals surface area contributed by atoms with Gasteiger partial charge in [-0.25, -0.2) is 0 Å². The molecule has 1 aromatic heterocycles. The van der Waals surface area contributed by atoms with Gasteiger partial charge in [0.1, 0.15) is 0 Å². The minimum absolute atomic E-state index is 0.171. The molecule has 1 heterocycles. The van der Waals surface area contributed by atoms with Crippen LogP contribution in [0.25, 0.3) is 11.4 Å². The van der Waals surface area contributed by atoms with Crippen molar-refractivity contribution in [3.63, 3.8) is 0 Å². The molecule has 0 atom stereocenters. The minimum atomic E-state index is 0.171. The number of nitrogens with two attached hydrogens (primary N) is 1. The lowest BCUT2D eigenvalue weighted by Crippen LogP contribution is -2.08. The summed E-state index contributed by atoms with van der Waals surface area (Å²) < 4.78 is 5.00. The van der Waals surface area contributed by atoms with Crippen LogP contribution in [0.3, 0.4) is 0 Å². The van der Waals surface area contributed by atoms with Gasteiger partial charge < -0.3 is 10.5 Å². The second-order valence-corrected chi connectivity index (χ2v) is 4.75. The lowest BCUT2D eigenvalue weighted by atomic mass is 9.80. The van der Waals surface area contributed by atoms with E-state index < -0.39 is 0 Å². The first-order valence-corrected chi connectivity index (χ1v) is 6.42. The van der Waals surface area contributed by atoms with Gasteiger partial charge in [-0.15, -0.1) is 0 Å². The zero-order valence-corrected chi connectivity index (χ0v) is 10.8. The fourth-order valence-electron chi connectivity index (χ4n) is 2.24. The molecule has 2 aromatic rings. The van der Waals surface area contributed by atoms with Crippen LogP contribution in [0.5, 0.6) is 6.01 Å². The van der Waals surface area contributed by atoms with E-state index in [9.17, 15) is 0 Å². The van der Waals surface area contributed by atoms with Gasteiger partial charge in [0.2, 0.25) is 5.95 Å². The Morgan fingerprint density at radius 1 is 1.11 bits per heavy atom. The first kappa shape index (κ1) is 11.9. The summed E-state index contributed by atoms with van der Waals surface area (Å²) in [6.45, 7) is 0. The predicted molar refractivity (Wildman–Crippen MR) is 72.8 cm³/mol. The van der Waals surface area contributed by atoms with E-state index in [1.165, 1.54) is 31.9 Å². The number of hydrogen-bond acceptors (Lipinski definition) is 5. The number of methoxy groups -OCH3 is 1. The van der Waals surface area contributed by atoms with E-state index in [2.05, 4.69) is 27.1 Å². The van der Waals surface area contributed by atoms with Crippen LogP contribution in [0.15, 0.2) is 24.3 Å². The summed E-state index contributed by atoms with van der Waals surface area (Å²) in [5.74, 6) is 1.45. The van der Waals surface area contributed by atoms with Gasteiger partial charge >= 0.3 is 6.01 Å². The number of nitrogens with zero attached hydrogens (tertiary/aromatic N) is 3. The van der Waals surface area contributed by atoms with Crippen molar-refractivity contribution in [2.75, 3.05) is 12.8 Å². The molecular formula is C14H16N4O. The summed E-state index contributed by atoms with van der Waals surface area (Å²) in [6, 6.07) is 8.59. The van der Waals surface area contributed by atoms with Gasteiger partial charge in [-0.1, -0.05) is 30.7 Å². The third kappa shape index (κ3) is 2.36. The first-order chi connectivity index (χ1) is 9.26. The monoisotopic (exact) mass is 256 g/mol. The van der Waals surface area contributed by atoms with Gasteiger partial charge in [0.25, 0.3) is 0 Å². The average Bonchev–Trinajstić information content (AvgIpc) is 2.37. The van der Waals surface area contributed by atoms with Crippen LogP contribution in [0.2, 0.25) is 0 Å². The SMILES string of the molecule is COc1nc(N)nc(-c2ccc(C3CCC3)cc2)n1. The smallest absolute Gasteiger partial charge is 0.321 e. The summed E-state index contributed by atoms with van der Waals surface area (Å²) in [4.78, 5) is 12.2. The Balaban J connectivity index is 1.90. The molecular weight excluding hydrogens is 240 g/mol. The number of aromatic nitrogens is 3. The minimum Gasteiger partial charge on any atom is -0.467 e. The Morgan fingerprint density at radius 3 is 2.42 bits per heavy atom. The zero-order chi connectivity index (χ0) is 13.2. The Bertz CT molecular complexity index is 578. The van der Waals surface area contributed by atoms with Crippen molar-refractivity contribution in [1.29, 1.82) is 0 Å². The van der Waals surface area contributed by atoms with Gasteiger partial charge in [-0.2, -0.15) is 15.0 Å². The molecule has 5 nitrogen and oxygen atoms in total. The van der Waals surface area contributed by atoms with E-state index in [1.807, 2.05) is 12.1 Å². The summed E-state index contributed by atoms with van der Waals surface area (Å²) in [7, 11) is 1.51. The van der Waals surface area contributed by atoms with Gasteiger partial charge in [-0.05, 0) is 24.3 Å². The molecule has 1 saturated carbocycles. The topological polar surface area (TPSA) is 73.9 Å². The van der Waals surface area contributed by atoms with Crippen molar-refractivity contribution < 1.29 is 4.74 Å². The molecule has 1 aliphatic rings. The molecule has 0 amide bonds. The van der Waals surface area contributed by atoms with Crippen LogP contribution < -0.4 is 10.5 Å². The highest BCUT2D eigenvalue weighted by atomic mass is 16.5. The molecule has 3 rings (SSSR count). The molecule has 98 valence electrons. The summed E-state index contributed by atoms with van der Waals surface area (Å²) in [6.07, 6.45) is 3.94. The predicted octanol–water partition coefficient (Wildman–Crippen LogP) is 2.40. The number of ether oxygens (including phenoxy) is 1. The lowest BCUT2D eigenvalue weighted by Gasteiger charge is -2.25. The van der Waals surface area contributed by atoms with Crippen molar-refractivity contribution in [2.45, 2.75) is 25.2 Å². The molecule has 1 aliphatic carbocycles. The largest absolute Gasteiger partial charge is 0.467 e. The molecule has 1 aromatic carbocycles.